The molecule has 21 heavy (non-hydrogen) atoms. The van der Waals surface area contributed by atoms with E-state index in [9.17, 15) is 4.79 Å². The van der Waals surface area contributed by atoms with E-state index in [0.717, 1.165) is 26.2 Å². The van der Waals surface area contributed by atoms with E-state index in [0.29, 0.717) is 5.92 Å². The van der Waals surface area contributed by atoms with Gasteiger partial charge in [-0.2, -0.15) is 0 Å². The van der Waals surface area contributed by atoms with Gasteiger partial charge in [-0.15, -0.1) is 11.8 Å². The molecule has 1 aliphatic rings. The van der Waals surface area contributed by atoms with Gasteiger partial charge in [-0.1, -0.05) is 19.9 Å². The molecular weight excluding hydrogens is 280 g/mol. The molecule has 1 aromatic carbocycles. The van der Waals surface area contributed by atoms with Gasteiger partial charge in [0.15, 0.2) is 0 Å². The number of nitrogens with one attached hydrogen (secondary N) is 1. The number of thioether (sulfide) groups is 1. The smallest absolute Gasteiger partial charge is 0.236 e. The summed E-state index contributed by atoms with van der Waals surface area (Å²) >= 11 is 1.72. The van der Waals surface area contributed by atoms with Crippen molar-refractivity contribution < 1.29 is 4.79 Å². The molecule has 4 heteroatoms. The lowest BCUT2D eigenvalue weighted by Crippen LogP contribution is -2.50. The SMILES string of the molecule is Cc1cc(C)cc(SC(C(=O)N2CCNCC2)C(C)C)c1. The summed E-state index contributed by atoms with van der Waals surface area (Å²) in [5.74, 6) is 0.619. The Balaban J connectivity index is 2.12. The van der Waals surface area contributed by atoms with Crippen molar-refractivity contribution in [2.24, 2.45) is 5.92 Å². The highest BCUT2D eigenvalue weighted by molar-refractivity contribution is 8.00. The van der Waals surface area contributed by atoms with Crippen LogP contribution in [-0.4, -0.2) is 42.2 Å². The average molecular weight is 306 g/mol. The van der Waals surface area contributed by atoms with Crippen LogP contribution in [0.15, 0.2) is 23.1 Å². The molecule has 0 aliphatic carbocycles. The molecule has 0 aromatic heterocycles. The van der Waals surface area contributed by atoms with Gasteiger partial charge >= 0.3 is 0 Å². The Labute approximate surface area is 132 Å². The van der Waals surface area contributed by atoms with Crippen molar-refractivity contribution in [3.05, 3.63) is 29.3 Å². The van der Waals surface area contributed by atoms with Gasteiger partial charge < -0.3 is 10.2 Å². The van der Waals surface area contributed by atoms with Crippen LogP contribution in [0.5, 0.6) is 0 Å². The van der Waals surface area contributed by atoms with E-state index in [4.69, 9.17) is 0 Å². The molecule has 1 heterocycles. The Bertz CT molecular complexity index is 475. The van der Waals surface area contributed by atoms with E-state index >= 15 is 0 Å². The monoisotopic (exact) mass is 306 g/mol. The molecule has 0 bridgehead atoms. The van der Waals surface area contributed by atoms with Gasteiger partial charge in [0, 0.05) is 31.1 Å². The number of nitrogens with zero attached hydrogens (tertiary/aromatic N) is 1. The maximum atomic E-state index is 12.8. The highest BCUT2D eigenvalue weighted by Crippen LogP contribution is 2.31. The van der Waals surface area contributed by atoms with Gasteiger partial charge in [-0.3, -0.25) is 4.79 Å². The van der Waals surface area contributed by atoms with Crippen LogP contribution >= 0.6 is 11.8 Å². The summed E-state index contributed by atoms with van der Waals surface area (Å²) < 4.78 is 0. The number of carbonyl (C=O) groups is 1. The van der Waals surface area contributed by atoms with Crippen LogP contribution in [0.25, 0.3) is 0 Å². The zero-order valence-electron chi connectivity index (χ0n) is 13.5. The molecule has 0 spiro atoms. The van der Waals surface area contributed by atoms with Gasteiger partial charge in [-0.25, -0.2) is 0 Å². The molecule has 1 aliphatic heterocycles. The van der Waals surface area contributed by atoms with E-state index < -0.39 is 0 Å². The molecule has 116 valence electrons. The van der Waals surface area contributed by atoms with Crippen molar-refractivity contribution in [3.63, 3.8) is 0 Å². The minimum absolute atomic E-state index is 0.00398. The predicted molar refractivity (Wildman–Crippen MR) is 89.8 cm³/mol. The van der Waals surface area contributed by atoms with Crippen LogP contribution in [0.1, 0.15) is 25.0 Å². The standard InChI is InChI=1S/C17H26N2OS/c1-12(2)16(17(20)19-7-5-18-6-8-19)21-15-10-13(3)9-14(4)11-15/h9-12,16,18H,5-8H2,1-4H3. The van der Waals surface area contributed by atoms with Crippen LogP contribution in [0.2, 0.25) is 0 Å². The second-order valence-corrected chi connectivity index (χ2v) is 7.40. The first-order valence-electron chi connectivity index (χ1n) is 7.72. The molecule has 2 rings (SSSR count). The second-order valence-electron chi connectivity index (χ2n) is 6.18. The first kappa shape index (κ1) is 16.4. The highest BCUT2D eigenvalue weighted by Gasteiger charge is 2.28. The lowest BCUT2D eigenvalue weighted by molar-refractivity contribution is -0.131. The number of carbonyl (C=O) groups excluding carboxylic acids is 1. The Kier molecular flexibility index (Phi) is 5.71. The molecule has 0 radical (unpaired) electrons. The van der Waals surface area contributed by atoms with E-state index in [2.05, 4.69) is 51.2 Å². The van der Waals surface area contributed by atoms with Crippen molar-refractivity contribution in [2.75, 3.05) is 26.2 Å². The summed E-state index contributed by atoms with van der Waals surface area (Å²) in [5, 5.41) is 3.31. The zero-order chi connectivity index (χ0) is 15.4. The molecule has 3 nitrogen and oxygen atoms in total. The summed E-state index contributed by atoms with van der Waals surface area (Å²) in [4.78, 5) is 16.0. The molecule has 1 fully saturated rings. The van der Waals surface area contributed by atoms with E-state index in [1.807, 2.05) is 4.90 Å². The minimum Gasteiger partial charge on any atom is -0.339 e. The molecule has 1 unspecified atom stereocenters. The van der Waals surface area contributed by atoms with E-state index in [1.54, 1.807) is 11.8 Å². The molecule has 1 N–H and O–H groups in total. The van der Waals surface area contributed by atoms with Crippen molar-refractivity contribution in [3.8, 4) is 0 Å². The molecule has 1 aromatic rings. The third-order valence-corrected chi connectivity index (χ3v) is 5.24. The van der Waals surface area contributed by atoms with Crippen molar-refractivity contribution >= 4 is 17.7 Å². The maximum Gasteiger partial charge on any atom is 0.236 e. The maximum absolute atomic E-state index is 12.8. The topological polar surface area (TPSA) is 32.3 Å². The van der Waals surface area contributed by atoms with Gasteiger partial charge in [0.1, 0.15) is 0 Å². The van der Waals surface area contributed by atoms with Crippen molar-refractivity contribution in [1.82, 2.24) is 10.2 Å². The van der Waals surface area contributed by atoms with Gasteiger partial charge in [0.2, 0.25) is 5.91 Å². The summed E-state index contributed by atoms with van der Waals surface area (Å²) in [6.45, 7) is 12.0. The van der Waals surface area contributed by atoms with Crippen LogP contribution in [-0.2, 0) is 4.79 Å². The predicted octanol–water partition coefficient (Wildman–Crippen LogP) is 2.85. The quantitative estimate of drug-likeness (QED) is 0.868. The fraction of sp³-hybridized carbons (Fsp3) is 0.588. The molecule has 0 saturated carbocycles. The number of hydrogen-bond donors (Lipinski definition) is 1. The number of hydrogen-bond acceptors (Lipinski definition) is 3. The van der Waals surface area contributed by atoms with Gasteiger partial charge in [-0.05, 0) is 43.0 Å². The first-order valence-corrected chi connectivity index (χ1v) is 8.60. The number of benzene rings is 1. The van der Waals surface area contributed by atoms with Crippen LogP contribution in [0.4, 0.5) is 0 Å². The van der Waals surface area contributed by atoms with E-state index in [1.165, 1.54) is 16.0 Å². The van der Waals surface area contributed by atoms with Crippen LogP contribution < -0.4 is 5.32 Å². The Morgan fingerprint density at radius 3 is 2.24 bits per heavy atom. The highest BCUT2D eigenvalue weighted by atomic mass is 32.2. The lowest BCUT2D eigenvalue weighted by atomic mass is 10.1. The lowest BCUT2D eigenvalue weighted by Gasteiger charge is -2.32. The molecule has 1 amide bonds. The van der Waals surface area contributed by atoms with Crippen molar-refractivity contribution in [1.29, 1.82) is 0 Å². The average Bonchev–Trinajstić information content (AvgIpc) is 2.43. The summed E-state index contributed by atoms with van der Waals surface area (Å²) in [7, 11) is 0. The Hall–Kier alpha value is -1.00. The Morgan fingerprint density at radius 1 is 1.14 bits per heavy atom. The number of amides is 1. The first-order chi connectivity index (χ1) is 9.97. The van der Waals surface area contributed by atoms with Crippen LogP contribution in [0.3, 0.4) is 0 Å². The summed E-state index contributed by atoms with van der Waals surface area (Å²) in [5.41, 5.74) is 2.52. The minimum atomic E-state index is 0.00398. The van der Waals surface area contributed by atoms with Crippen molar-refractivity contribution in [2.45, 2.75) is 37.8 Å². The molecular formula is C17H26N2OS. The third kappa shape index (κ3) is 4.48. The normalized spacial score (nSPS) is 17.1. The van der Waals surface area contributed by atoms with Crippen LogP contribution in [0, 0.1) is 19.8 Å². The number of rotatable bonds is 4. The Morgan fingerprint density at radius 2 is 1.71 bits per heavy atom. The van der Waals surface area contributed by atoms with E-state index in [-0.39, 0.29) is 11.2 Å². The summed E-state index contributed by atoms with van der Waals surface area (Å²) in [6.07, 6.45) is 0. The third-order valence-electron chi connectivity index (χ3n) is 3.74. The molecule has 1 atom stereocenters. The van der Waals surface area contributed by atoms with Gasteiger partial charge in [0.05, 0.1) is 5.25 Å². The fourth-order valence-electron chi connectivity index (χ4n) is 2.68. The number of piperazine rings is 1. The molecule has 1 saturated heterocycles. The second kappa shape index (κ2) is 7.32. The van der Waals surface area contributed by atoms with Gasteiger partial charge in [0.25, 0.3) is 0 Å². The zero-order valence-corrected chi connectivity index (χ0v) is 14.3. The number of aryl methyl sites for hydroxylation is 2. The fourth-order valence-corrected chi connectivity index (χ4v) is 4.01. The summed E-state index contributed by atoms with van der Waals surface area (Å²) in [6, 6.07) is 6.53. The largest absolute Gasteiger partial charge is 0.339 e.